The standard InChI is InChI=1S/C14H11.C13H9.C5H5.CH3.Zr/c1-12(13-8-4-2-5-9-13)14-10-6-3-7-11-14;1-3-7-12-10(5-1)9-11-6-2-4-8-13(11)12;1-2-4-5-3-1;;/h1-11H;1-9H;1-5H;1H3;. The first-order valence-electron chi connectivity index (χ1n) is 12.1. The molecule has 0 spiro atoms. The van der Waals surface area contributed by atoms with Gasteiger partial charge in [-0.15, -0.1) is 0 Å². The second-order valence-electron chi connectivity index (χ2n) is 9.56. The molecule has 2 aliphatic carbocycles. The summed E-state index contributed by atoms with van der Waals surface area (Å²) in [6, 6.07) is 40.2. The fourth-order valence-corrected chi connectivity index (χ4v) is 17.2. The summed E-state index contributed by atoms with van der Waals surface area (Å²) < 4.78 is 6.42. The van der Waals surface area contributed by atoms with E-state index in [1.54, 1.807) is 0 Å². The van der Waals surface area contributed by atoms with Gasteiger partial charge in [0.2, 0.25) is 0 Å². The van der Waals surface area contributed by atoms with Crippen LogP contribution in [0.1, 0.15) is 25.9 Å². The van der Waals surface area contributed by atoms with Gasteiger partial charge >= 0.3 is 208 Å². The Labute approximate surface area is 207 Å². The third-order valence-corrected chi connectivity index (χ3v) is 18.8. The summed E-state index contributed by atoms with van der Waals surface area (Å²) in [6.07, 6.45) is 9.43. The van der Waals surface area contributed by atoms with E-state index in [4.69, 9.17) is 0 Å². The Hall–Kier alpha value is -3.02. The van der Waals surface area contributed by atoms with Crippen LogP contribution in [-0.4, -0.2) is 0 Å². The molecule has 164 valence electrons. The molecule has 34 heavy (non-hydrogen) atoms. The van der Waals surface area contributed by atoms with Crippen LogP contribution in [0.5, 0.6) is 0 Å². The van der Waals surface area contributed by atoms with Gasteiger partial charge in [-0.05, 0) is 0 Å². The topological polar surface area (TPSA) is 0 Å². The molecule has 6 rings (SSSR count). The van der Waals surface area contributed by atoms with Crippen LogP contribution in [0.15, 0.2) is 137 Å². The number of allylic oxidation sites excluding steroid dienone is 4. The van der Waals surface area contributed by atoms with Gasteiger partial charge in [0.25, 0.3) is 0 Å². The minimum atomic E-state index is -3.17. The molecule has 1 heteroatoms. The zero-order valence-corrected chi connectivity index (χ0v) is 21.9. The van der Waals surface area contributed by atoms with Crippen molar-refractivity contribution >= 4 is 5.57 Å². The van der Waals surface area contributed by atoms with Crippen LogP contribution in [-0.2, 0) is 20.3 Å². The average molecular weight is 516 g/mol. The Morgan fingerprint density at radius 1 is 0.588 bits per heavy atom. The first kappa shape index (κ1) is 21.5. The number of benzene rings is 4. The maximum atomic E-state index is 2.77. The molecule has 0 aromatic heterocycles. The molecule has 0 bridgehead atoms. The minimum absolute atomic E-state index is 0.474. The van der Waals surface area contributed by atoms with Crippen LogP contribution in [0.2, 0.25) is 8.26 Å². The van der Waals surface area contributed by atoms with E-state index in [1.807, 2.05) is 0 Å². The second kappa shape index (κ2) is 8.97. The van der Waals surface area contributed by atoms with Crippen LogP contribution in [0.25, 0.3) is 16.7 Å². The van der Waals surface area contributed by atoms with E-state index in [2.05, 4.69) is 142 Å². The maximum absolute atomic E-state index is 3.17. The van der Waals surface area contributed by atoms with Crippen LogP contribution in [0, 0.1) is 0 Å². The molecular weight excluding hydrogens is 488 g/mol. The quantitative estimate of drug-likeness (QED) is 0.249. The Morgan fingerprint density at radius 3 is 1.53 bits per heavy atom. The second-order valence-corrected chi connectivity index (χ2v) is 20.0. The van der Waals surface area contributed by atoms with Gasteiger partial charge in [-0.1, -0.05) is 0 Å². The average Bonchev–Trinajstić information content (AvgIpc) is 3.56. The summed E-state index contributed by atoms with van der Waals surface area (Å²) in [7, 11) is 0. The number of hydrogen-bond acceptors (Lipinski definition) is 0. The summed E-state index contributed by atoms with van der Waals surface area (Å²) in [4.78, 5) is 0. The molecule has 4 aromatic rings. The van der Waals surface area contributed by atoms with E-state index in [0.29, 0.717) is 7.25 Å². The van der Waals surface area contributed by atoms with Gasteiger partial charge in [0.15, 0.2) is 0 Å². The van der Waals surface area contributed by atoms with Gasteiger partial charge < -0.3 is 0 Å². The Morgan fingerprint density at radius 2 is 1.03 bits per heavy atom. The molecule has 0 saturated carbocycles. The fourth-order valence-electron chi connectivity index (χ4n) is 5.92. The summed E-state index contributed by atoms with van der Waals surface area (Å²) in [5.41, 5.74) is 9.89. The molecule has 0 heterocycles. The van der Waals surface area contributed by atoms with Crippen LogP contribution >= 0.6 is 0 Å². The normalized spacial score (nSPS) is 16.1. The third-order valence-electron chi connectivity index (χ3n) is 7.55. The Kier molecular flexibility index (Phi) is 5.68. The zero-order chi connectivity index (χ0) is 23.0. The van der Waals surface area contributed by atoms with E-state index in [9.17, 15) is 0 Å². The van der Waals surface area contributed by atoms with Gasteiger partial charge in [-0.2, -0.15) is 0 Å². The number of fused-ring (bicyclic) bond motifs is 3. The van der Waals surface area contributed by atoms with Crippen LogP contribution < -0.4 is 0 Å². The van der Waals surface area contributed by atoms with Crippen LogP contribution in [0.3, 0.4) is 0 Å². The summed E-state index contributed by atoms with van der Waals surface area (Å²) in [5, 5.41) is 0. The first-order valence-corrected chi connectivity index (χ1v) is 18.8. The summed E-state index contributed by atoms with van der Waals surface area (Å²) >= 11 is -3.17. The van der Waals surface area contributed by atoms with Crippen molar-refractivity contribution in [1.29, 1.82) is 0 Å². The number of rotatable bonds is 5. The van der Waals surface area contributed by atoms with Crippen molar-refractivity contribution in [3.05, 3.63) is 160 Å². The summed E-state index contributed by atoms with van der Waals surface area (Å²) in [5.74, 6) is 0. The molecule has 0 radical (unpaired) electrons. The monoisotopic (exact) mass is 514 g/mol. The molecular formula is C33H28Zr. The van der Waals surface area contributed by atoms with Crippen molar-refractivity contribution < 1.29 is 20.3 Å². The zero-order valence-electron chi connectivity index (χ0n) is 19.4. The molecule has 1 atom stereocenters. The first-order chi connectivity index (χ1) is 16.8. The van der Waals surface area contributed by atoms with E-state index >= 15 is 0 Å². The third kappa shape index (κ3) is 3.64. The van der Waals surface area contributed by atoms with Crippen molar-refractivity contribution in [3.8, 4) is 11.1 Å². The number of hydrogen-bond donors (Lipinski definition) is 0. The van der Waals surface area contributed by atoms with E-state index < -0.39 is 20.3 Å². The van der Waals surface area contributed by atoms with E-state index in [0.717, 1.165) is 0 Å². The van der Waals surface area contributed by atoms with Gasteiger partial charge in [0.05, 0.1) is 0 Å². The van der Waals surface area contributed by atoms with Crippen molar-refractivity contribution in [2.45, 2.75) is 11.9 Å². The van der Waals surface area contributed by atoms with Crippen molar-refractivity contribution in [2.75, 3.05) is 0 Å². The van der Waals surface area contributed by atoms with Crippen molar-refractivity contribution in [3.63, 3.8) is 0 Å². The van der Waals surface area contributed by atoms with Gasteiger partial charge in [-0.3, -0.25) is 0 Å². The van der Waals surface area contributed by atoms with Crippen molar-refractivity contribution in [2.24, 2.45) is 0 Å². The SMILES string of the molecule is [CH3][Zr]([CH]=C(c1ccccc1)c1ccccc1)([CH]1C=CC=C1)[CH]1c2ccccc2-c2ccccc21. The summed E-state index contributed by atoms with van der Waals surface area (Å²) in [6.45, 7) is 0. The molecule has 0 N–H and O–H groups in total. The molecule has 0 nitrogen and oxygen atoms in total. The molecule has 0 aliphatic heterocycles. The van der Waals surface area contributed by atoms with Gasteiger partial charge in [0.1, 0.15) is 0 Å². The molecule has 1 unspecified atom stereocenters. The van der Waals surface area contributed by atoms with E-state index in [1.165, 1.54) is 39.0 Å². The molecule has 4 aromatic carbocycles. The predicted octanol–water partition coefficient (Wildman–Crippen LogP) is 8.96. The molecule has 2 aliphatic rings. The molecule has 0 saturated heterocycles. The fraction of sp³-hybridized carbons (Fsp3) is 0.0909. The van der Waals surface area contributed by atoms with Gasteiger partial charge in [-0.25, -0.2) is 0 Å². The Bertz CT molecular complexity index is 1310. The molecule has 0 fully saturated rings. The van der Waals surface area contributed by atoms with E-state index in [-0.39, 0.29) is 0 Å². The molecule has 0 amide bonds. The van der Waals surface area contributed by atoms with Crippen LogP contribution in [0.4, 0.5) is 0 Å². The predicted molar refractivity (Wildman–Crippen MR) is 142 cm³/mol. The van der Waals surface area contributed by atoms with Gasteiger partial charge in [0, 0.05) is 0 Å². The Balaban J connectivity index is 1.63. The van der Waals surface area contributed by atoms with Crippen molar-refractivity contribution in [1.82, 2.24) is 0 Å².